The van der Waals surface area contributed by atoms with Crippen molar-refractivity contribution in [2.75, 3.05) is 37.5 Å². The summed E-state index contributed by atoms with van der Waals surface area (Å²) in [7, 11) is 3.21. The van der Waals surface area contributed by atoms with Gasteiger partial charge in [0.1, 0.15) is 12.1 Å². The molecule has 0 aliphatic carbocycles. The first kappa shape index (κ1) is 25.1. The lowest BCUT2D eigenvalue weighted by molar-refractivity contribution is 0.249. The molecule has 8 nitrogen and oxygen atoms in total. The highest BCUT2D eigenvalue weighted by molar-refractivity contribution is 5.92. The van der Waals surface area contributed by atoms with Crippen molar-refractivity contribution in [3.8, 4) is 11.5 Å². The molecule has 2 N–H and O–H groups in total. The fraction of sp³-hybridized carbons (Fsp3) is 0.423. The quantitative estimate of drug-likeness (QED) is 0.520. The SMILES string of the molecule is CC.COc1cc2ncnc(N3CCC(NC(=O)Nc4ccc(C(C)C)cc4)C3)c2cc1OC. The summed E-state index contributed by atoms with van der Waals surface area (Å²) in [4.78, 5) is 23.6. The number of anilines is 2. The molecule has 3 aromatic rings. The lowest BCUT2D eigenvalue weighted by Gasteiger charge is -2.20. The molecule has 8 heteroatoms. The second-order valence-electron chi connectivity index (χ2n) is 8.23. The number of fused-ring (bicyclic) bond motifs is 1. The van der Waals surface area contributed by atoms with Gasteiger partial charge in [-0.05, 0) is 36.1 Å². The van der Waals surface area contributed by atoms with Crippen molar-refractivity contribution >= 4 is 28.4 Å². The molecule has 1 aliphatic rings. The van der Waals surface area contributed by atoms with Gasteiger partial charge in [-0.15, -0.1) is 0 Å². The molecule has 1 fully saturated rings. The molecule has 1 aliphatic heterocycles. The van der Waals surface area contributed by atoms with Gasteiger partial charge in [0.05, 0.1) is 19.7 Å². The van der Waals surface area contributed by atoms with Crippen LogP contribution in [0.5, 0.6) is 11.5 Å². The van der Waals surface area contributed by atoms with Crippen LogP contribution in [0.15, 0.2) is 42.7 Å². The van der Waals surface area contributed by atoms with Crippen molar-refractivity contribution in [1.82, 2.24) is 15.3 Å². The van der Waals surface area contributed by atoms with Crippen LogP contribution in [0.1, 0.15) is 45.6 Å². The molecule has 1 unspecified atom stereocenters. The molecule has 0 radical (unpaired) electrons. The standard InChI is InChI=1S/C24H29N5O3.C2H6/c1-15(2)16-5-7-17(8-6-16)27-24(30)28-18-9-10-29(13-18)23-19-11-21(31-3)22(32-4)12-20(19)25-14-26-23;1-2/h5-8,11-12,14-15,18H,9-10,13H2,1-4H3,(H2,27,28,30);1-2H3. The predicted molar refractivity (Wildman–Crippen MR) is 137 cm³/mol. The number of urea groups is 1. The zero-order chi connectivity index (χ0) is 24.7. The Kier molecular flexibility index (Phi) is 8.51. The number of aromatic nitrogens is 2. The van der Waals surface area contributed by atoms with Gasteiger partial charge in [0.25, 0.3) is 0 Å². The summed E-state index contributed by atoms with van der Waals surface area (Å²) >= 11 is 0. The number of carbonyl (C=O) groups is 1. The fourth-order valence-electron chi connectivity index (χ4n) is 4.00. The van der Waals surface area contributed by atoms with Gasteiger partial charge in [-0.1, -0.05) is 39.8 Å². The van der Waals surface area contributed by atoms with Crippen LogP contribution < -0.4 is 25.0 Å². The fourth-order valence-corrected chi connectivity index (χ4v) is 4.00. The maximum Gasteiger partial charge on any atom is 0.319 e. The van der Waals surface area contributed by atoms with Crippen molar-refractivity contribution in [1.29, 1.82) is 0 Å². The van der Waals surface area contributed by atoms with Crippen LogP contribution in [0.4, 0.5) is 16.3 Å². The number of methoxy groups -OCH3 is 2. The van der Waals surface area contributed by atoms with Crippen molar-refractivity contribution in [2.45, 2.75) is 46.1 Å². The predicted octanol–water partition coefficient (Wildman–Crippen LogP) is 5.20. The van der Waals surface area contributed by atoms with Crippen LogP contribution in [-0.4, -0.2) is 49.4 Å². The Balaban J connectivity index is 0.00000158. The second kappa shape index (κ2) is 11.5. The lowest BCUT2D eigenvalue weighted by Crippen LogP contribution is -2.39. The molecule has 1 aromatic heterocycles. The smallest absolute Gasteiger partial charge is 0.319 e. The van der Waals surface area contributed by atoms with Crippen molar-refractivity contribution < 1.29 is 14.3 Å². The highest BCUT2D eigenvalue weighted by Crippen LogP contribution is 2.35. The number of hydrogen-bond donors (Lipinski definition) is 2. The van der Waals surface area contributed by atoms with E-state index in [1.807, 2.05) is 50.2 Å². The minimum Gasteiger partial charge on any atom is -0.493 e. The molecule has 34 heavy (non-hydrogen) atoms. The van der Waals surface area contributed by atoms with Gasteiger partial charge in [-0.3, -0.25) is 0 Å². The molecule has 182 valence electrons. The topological polar surface area (TPSA) is 88.6 Å². The van der Waals surface area contributed by atoms with Gasteiger partial charge in [-0.2, -0.15) is 0 Å². The number of rotatable bonds is 6. The Morgan fingerprint density at radius 1 is 1.06 bits per heavy atom. The van der Waals surface area contributed by atoms with Gasteiger partial charge in [-0.25, -0.2) is 14.8 Å². The van der Waals surface area contributed by atoms with E-state index >= 15 is 0 Å². The number of carbonyl (C=O) groups excluding carboxylic acids is 1. The Bertz CT molecular complexity index is 1100. The summed E-state index contributed by atoms with van der Waals surface area (Å²) in [5, 5.41) is 6.89. The molecular weight excluding hydrogens is 430 g/mol. The summed E-state index contributed by atoms with van der Waals surface area (Å²) < 4.78 is 10.8. The monoisotopic (exact) mass is 465 g/mol. The van der Waals surface area contributed by atoms with E-state index in [9.17, 15) is 4.79 Å². The number of ether oxygens (including phenoxy) is 2. The van der Waals surface area contributed by atoms with Crippen LogP contribution in [0.2, 0.25) is 0 Å². The van der Waals surface area contributed by atoms with E-state index in [0.717, 1.165) is 35.4 Å². The first-order chi connectivity index (χ1) is 16.5. The van der Waals surface area contributed by atoms with Gasteiger partial charge < -0.3 is 25.0 Å². The maximum absolute atomic E-state index is 12.5. The molecular formula is C26H35N5O3. The van der Waals surface area contributed by atoms with Crippen LogP contribution in [0, 0.1) is 0 Å². The molecule has 0 saturated carbocycles. The largest absolute Gasteiger partial charge is 0.493 e. The zero-order valence-electron chi connectivity index (χ0n) is 20.9. The second-order valence-corrected chi connectivity index (χ2v) is 8.23. The van der Waals surface area contributed by atoms with E-state index in [4.69, 9.17) is 9.47 Å². The first-order valence-electron chi connectivity index (χ1n) is 11.8. The highest BCUT2D eigenvalue weighted by Gasteiger charge is 2.26. The van der Waals surface area contributed by atoms with Crippen LogP contribution in [-0.2, 0) is 0 Å². The minimum absolute atomic E-state index is 0.0232. The average molecular weight is 466 g/mol. The van der Waals surface area contributed by atoms with E-state index in [2.05, 4.69) is 39.3 Å². The summed E-state index contributed by atoms with van der Waals surface area (Å²) in [5.41, 5.74) is 2.81. The van der Waals surface area contributed by atoms with E-state index < -0.39 is 0 Å². The molecule has 1 saturated heterocycles. The first-order valence-corrected chi connectivity index (χ1v) is 11.8. The Morgan fingerprint density at radius 3 is 2.38 bits per heavy atom. The Morgan fingerprint density at radius 2 is 1.74 bits per heavy atom. The Labute approximate surface area is 201 Å². The summed E-state index contributed by atoms with van der Waals surface area (Å²) in [5.74, 6) is 2.54. The third kappa shape index (κ3) is 5.68. The summed E-state index contributed by atoms with van der Waals surface area (Å²) in [6, 6.07) is 11.5. The van der Waals surface area contributed by atoms with Crippen LogP contribution in [0.3, 0.4) is 0 Å². The molecule has 2 amide bonds. The van der Waals surface area contributed by atoms with Gasteiger partial charge >= 0.3 is 6.03 Å². The van der Waals surface area contributed by atoms with Crippen molar-refractivity contribution in [2.24, 2.45) is 0 Å². The third-order valence-electron chi connectivity index (χ3n) is 5.78. The Hall–Kier alpha value is -3.55. The van der Waals surface area contributed by atoms with Gasteiger partial charge in [0, 0.05) is 36.3 Å². The minimum atomic E-state index is -0.201. The number of nitrogens with zero attached hydrogens (tertiary/aromatic N) is 3. The van der Waals surface area contributed by atoms with E-state index in [-0.39, 0.29) is 12.1 Å². The normalized spacial score (nSPS) is 15.0. The molecule has 2 heterocycles. The average Bonchev–Trinajstić information content (AvgIpc) is 3.32. The molecule has 1 atom stereocenters. The van der Waals surface area contributed by atoms with Gasteiger partial charge in [0.15, 0.2) is 11.5 Å². The lowest BCUT2D eigenvalue weighted by atomic mass is 10.0. The maximum atomic E-state index is 12.5. The summed E-state index contributed by atoms with van der Waals surface area (Å²) in [6.45, 7) is 9.75. The zero-order valence-corrected chi connectivity index (χ0v) is 20.9. The molecule has 0 spiro atoms. The van der Waals surface area contributed by atoms with E-state index in [0.29, 0.717) is 24.0 Å². The molecule has 2 aromatic carbocycles. The number of amides is 2. The summed E-state index contributed by atoms with van der Waals surface area (Å²) in [6.07, 6.45) is 2.39. The molecule has 0 bridgehead atoms. The van der Waals surface area contributed by atoms with E-state index in [1.54, 1.807) is 20.5 Å². The van der Waals surface area contributed by atoms with Crippen LogP contribution >= 0.6 is 0 Å². The molecule has 4 rings (SSSR count). The van der Waals surface area contributed by atoms with Gasteiger partial charge in [0.2, 0.25) is 0 Å². The van der Waals surface area contributed by atoms with Crippen molar-refractivity contribution in [3.63, 3.8) is 0 Å². The van der Waals surface area contributed by atoms with Crippen molar-refractivity contribution in [3.05, 3.63) is 48.3 Å². The number of benzene rings is 2. The number of nitrogens with one attached hydrogen (secondary N) is 2. The third-order valence-corrected chi connectivity index (χ3v) is 5.78. The number of hydrogen-bond acceptors (Lipinski definition) is 6. The van der Waals surface area contributed by atoms with Crippen LogP contribution in [0.25, 0.3) is 10.9 Å². The van der Waals surface area contributed by atoms with E-state index in [1.165, 1.54) is 5.56 Å². The highest BCUT2D eigenvalue weighted by atomic mass is 16.5.